The molecule has 0 radical (unpaired) electrons. The molecule has 0 bridgehead atoms. The van der Waals surface area contributed by atoms with Crippen molar-refractivity contribution in [3.05, 3.63) is 35.9 Å². The summed E-state index contributed by atoms with van der Waals surface area (Å²) in [6, 6.07) is 9.98. The lowest BCUT2D eigenvalue weighted by atomic mass is 10.1. The van der Waals surface area contributed by atoms with Gasteiger partial charge in [-0.1, -0.05) is 30.3 Å². The Morgan fingerprint density at radius 3 is 2.58 bits per heavy atom. The van der Waals surface area contributed by atoms with Crippen molar-refractivity contribution in [3.8, 4) is 0 Å². The highest BCUT2D eigenvalue weighted by atomic mass is 15.2. The molecule has 4 N–H and O–H groups in total. The average molecular weight is 254 g/mol. The number of hydrogen-bond donors (Lipinski definition) is 2. The van der Waals surface area contributed by atoms with E-state index in [2.05, 4.69) is 15.0 Å². The first-order valence-corrected chi connectivity index (χ1v) is 5.92. The summed E-state index contributed by atoms with van der Waals surface area (Å²) in [5, 5.41) is 0. The van der Waals surface area contributed by atoms with Crippen molar-refractivity contribution < 1.29 is 0 Å². The predicted octanol–water partition coefficient (Wildman–Crippen LogP) is 1.21. The molecule has 6 nitrogen and oxygen atoms in total. The maximum Gasteiger partial charge on any atom is 0.224 e. The van der Waals surface area contributed by atoms with E-state index in [-0.39, 0.29) is 5.95 Å². The Balaban J connectivity index is 2.14. The largest absolute Gasteiger partial charge is 0.382 e. The first-order valence-electron chi connectivity index (χ1n) is 5.92. The fourth-order valence-corrected chi connectivity index (χ4v) is 2.11. The Labute approximate surface area is 110 Å². The zero-order valence-electron chi connectivity index (χ0n) is 10.5. The summed E-state index contributed by atoms with van der Waals surface area (Å²) in [4.78, 5) is 14.7. The van der Waals surface area contributed by atoms with Crippen molar-refractivity contribution in [2.24, 2.45) is 4.99 Å². The summed E-state index contributed by atoms with van der Waals surface area (Å²) in [7, 11) is 1.93. The third-order valence-electron chi connectivity index (χ3n) is 3.01. The van der Waals surface area contributed by atoms with Gasteiger partial charge in [0.15, 0.2) is 11.6 Å². The molecule has 0 spiro atoms. The Bertz CT molecular complexity index is 650. The first kappa shape index (κ1) is 11.5. The Hall–Kier alpha value is -2.63. The maximum absolute atomic E-state index is 5.88. The van der Waals surface area contributed by atoms with E-state index < -0.39 is 0 Å². The molecular formula is C13H14N6. The van der Waals surface area contributed by atoms with Gasteiger partial charge in [0.05, 0.1) is 12.3 Å². The van der Waals surface area contributed by atoms with Crippen LogP contribution >= 0.6 is 0 Å². The number of fused-ring (bicyclic) bond motifs is 1. The quantitative estimate of drug-likeness (QED) is 0.797. The van der Waals surface area contributed by atoms with Crippen molar-refractivity contribution in [2.75, 3.05) is 30.0 Å². The van der Waals surface area contributed by atoms with E-state index in [1.165, 1.54) is 0 Å². The lowest BCUT2D eigenvalue weighted by molar-refractivity contribution is 0.980. The van der Waals surface area contributed by atoms with Crippen molar-refractivity contribution in [3.63, 3.8) is 0 Å². The van der Waals surface area contributed by atoms with Crippen LogP contribution in [0.25, 0.3) is 0 Å². The van der Waals surface area contributed by atoms with Gasteiger partial charge in [0.1, 0.15) is 5.69 Å². The lowest BCUT2D eigenvalue weighted by Crippen LogP contribution is -2.30. The van der Waals surface area contributed by atoms with Crippen LogP contribution in [-0.4, -0.2) is 29.3 Å². The number of likely N-dealkylation sites (N-methyl/N-ethyl adjacent to an activating group) is 1. The van der Waals surface area contributed by atoms with Crippen LogP contribution in [0, 0.1) is 0 Å². The normalized spacial score (nSPS) is 13.9. The van der Waals surface area contributed by atoms with Crippen LogP contribution in [0.1, 0.15) is 5.56 Å². The molecule has 0 amide bonds. The third kappa shape index (κ3) is 1.97. The molecule has 2 heterocycles. The molecule has 0 unspecified atom stereocenters. The number of nitrogens with two attached hydrogens (primary N) is 2. The predicted molar refractivity (Wildman–Crippen MR) is 76.8 cm³/mol. The topological polar surface area (TPSA) is 93.4 Å². The molecule has 1 aromatic carbocycles. The molecule has 0 atom stereocenters. The van der Waals surface area contributed by atoms with E-state index in [1.54, 1.807) is 0 Å². The lowest BCUT2D eigenvalue weighted by Gasteiger charge is -2.26. The third-order valence-corrected chi connectivity index (χ3v) is 3.01. The van der Waals surface area contributed by atoms with E-state index in [4.69, 9.17) is 11.5 Å². The monoisotopic (exact) mass is 254 g/mol. The van der Waals surface area contributed by atoms with Crippen LogP contribution in [0.3, 0.4) is 0 Å². The summed E-state index contributed by atoms with van der Waals surface area (Å²) in [6.45, 7) is 0.660. The fraction of sp³-hybridized carbons (Fsp3) is 0.154. The standard InChI is InChI=1S/C13H14N6/c1-19-7-9(8-5-3-2-4-6-8)16-10-11(14)17-13(15)18-12(10)19/h2-6H,7H2,1H3,(H4,14,15,17,18). The molecule has 2 aromatic rings. The van der Waals surface area contributed by atoms with Crippen molar-refractivity contribution in [2.45, 2.75) is 0 Å². The maximum atomic E-state index is 5.88. The van der Waals surface area contributed by atoms with Crippen molar-refractivity contribution >= 4 is 29.0 Å². The number of aliphatic imine (C=N–C) groups is 1. The number of aromatic nitrogens is 2. The molecule has 19 heavy (non-hydrogen) atoms. The second-order valence-electron chi connectivity index (χ2n) is 4.42. The van der Waals surface area contributed by atoms with Crippen LogP contribution in [0.2, 0.25) is 0 Å². The SMILES string of the molecule is CN1CC(c2ccccc2)=Nc2c(N)nc(N)nc21. The van der Waals surface area contributed by atoms with E-state index in [0.717, 1.165) is 11.3 Å². The van der Waals surface area contributed by atoms with Gasteiger partial charge in [-0.2, -0.15) is 9.97 Å². The van der Waals surface area contributed by atoms with E-state index >= 15 is 0 Å². The summed E-state index contributed by atoms with van der Waals surface area (Å²) in [5.41, 5.74) is 14.1. The van der Waals surface area contributed by atoms with Crippen LogP contribution in [0.5, 0.6) is 0 Å². The first-order chi connectivity index (χ1) is 9.15. The molecule has 1 aliphatic heterocycles. The van der Waals surface area contributed by atoms with Crippen LogP contribution in [-0.2, 0) is 0 Å². The summed E-state index contributed by atoms with van der Waals surface area (Å²) in [6.07, 6.45) is 0. The minimum atomic E-state index is 0.168. The number of hydrogen-bond acceptors (Lipinski definition) is 6. The molecule has 6 heteroatoms. The summed E-state index contributed by atoms with van der Waals surface area (Å²) >= 11 is 0. The van der Waals surface area contributed by atoms with Gasteiger partial charge in [-0.25, -0.2) is 4.99 Å². The van der Waals surface area contributed by atoms with Crippen LogP contribution in [0.15, 0.2) is 35.3 Å². The zero-order valence-corrected chi connectivity index (χ0v) is 10.5. The number of nitrogen functional groups attached to an aromatic ring is 2. The second kappa shape index (κ2) is 4.24. The molecular weight excluding hydrogens is 240 g/mol. The minimum absolute atomic E-state index is 0.168. The summed E-state index contributed by atoms with van der Waals surface area (Å²) in [5.74, 6) is 1.15. The highest BCUT2D eigenvalue weighted by Gasteiger charge is 2.22. The van der Waals surface area contributed by atoms with Gasteiger partial charge in [0, 0.05) is 7.05 Å². The zero-order chi connectivity index (χ0) is 13.4. The highest BCUT2D eigenvalue weighted by molar-refractivity contribution is 6.08. The molecule has 0 fully saturated rings. The number of nitrogens with zero attached hydrogens (tertiary/aromatic N) is 4. The highest BCUT2D eigenvalue weighted by Crippen LogP contribution is 2.35. The molecule has 0 aliphatic carbocycles. The van der Waals surface area contributed by atoms with E-state index in [0.29, 0.717) is 23.9 Å². The van der Waals surface area contributed by atoms with E-state index in [9.17, 15) is 0 Å². The van der Waals surface area contributed by atoms with Crippen molar-refractivity contribution in [1.82, 2.24) is 9.97 Å². The Kier molecular flexibility index (Phi) is 2.56. The fourth-order valence-electron chi connectivity index (χ4n) is 2.11. The van der Waals surface area contributed by atoms with Crippen molar-refractivity contribution in [1.29, 1.82) is 0 Å². The van der Waals surface area contributed by atoms with Gasteiger partial charge in [0.25, 0.3) is 0 Å². The summed E-state index contributed by atoms with van der Waals surface area (Å²) < 4.78 is 0. The second-order valence-corrected chi connectivity index (χ2v) is 4.42. The molecule has 1 aromatic heterocycles. The minimum Gasteiger partial charge on any atom is -0.382 e. The van der Waals surface area contributed by atoms with E-state index in [1.807, 2.05) is 42.3 Å². The Morgan fingerprint density at radius 1 is 1.11 bits per heavy atom. The van der Waals surface area contributed by atoms with Gasteiger partial charge in [-0.05, 0) is 5.56 Å². The molecule has 0 saturated carbocycles. The van der Waals surface area contributed by atoms with Gasteiger partial charge in [-0.3, -0.25) is 0 Å². The van der Waals surface area contributed by atoms with Gasteiger partial charge in [0.2, 0.25) is 5.95 Å². The number of benzene rings is 1. The molecule has 96 valence electrons. The van der Waals surface area contributed by atoms with Gasteiger partial charge < -0.3 is 16.4 Å². The number of anilines is 3. The van der Waals surface area contributed by atoms with Gasteiger partial charge in [-0.15, -0.1) is 0 Å². The van der Waals surface area contributed by atoms with Gasteiger partial charge >= 0.3 is 0 Å². The van der Waals surface area contributed by atoms with Crippen LogP contribution < -0.4 is 16.4 Å². The molecule has 3 rings (SSSR count). The van der Waals surface area contributed by atoms with Crippen LogP contribution in [0.4, 0.5) is 23.3 Å². The molecule has 1 aliphatic rings. The smallest absolute Gasteiger partial charge is 0.224 e. The average Bonchev–Trinajstić information content (AvgIpc) is 2.41. The number of rotatable bonds is 1. The Morgan fingerprint density at radius 2 is 1.84 bits per heavy atom. The molecule has 0 saturated heterocycles.